The molecule has 2 atom stereocenters. The highest BCUT2D eigenvalue weighted by molar-refractivity contribution is 6.91. The van der Waals surface area contributed by atoms with Gasteiger partial charge in [-0.25, -0.2) is 0 Å². The largest absolute Gasteiger partial charge is 0.466 e. The van der Waals surface area contributed by atoms with Gasteiger partial charge in [0, 0.05) is 19.4 Å². The fourth-order valence-electron chi connectivity index (χ4n) is 2.88. The summed E-state index contributed by atoms with van der Waals surface area (Å²) in [5.74, 6) is -0.456. The van der Waals surface area contributed by atoms with Gasteiger partial charge < -0.3 is 9.47 Å². The number of carbonyl (C=O) groups is 2. The van der Waals surface area contributed by atoms with Crippen LogP contribution < -0.4 is 5.19 Å². The first-order valence-corrected chi connectivity index (χ1v) is 11.1. The molecule has 0 aromatic heterocycles. The Hall–Kier alpha value is -1.62. The third kappa shape index (κ3) is 5.50. The third-order valence-electron chi connectivity index (χ3n) is 4.27. The zero-order chi connectivity index (χ0) is 17.6. The van der Waals surface area contributed by atoms with Crippen LogP contribution in [0, 0.1) is 5.92 Å². The molecule has 1 aromatic rings. The van der Waals surface area contributed by atoms with Crippen molar-refractivity contribution in [1.29, 1.82) is 0 Å². The lowest BCUT2D eigenvalue weighted by atomic mass is 10.0. The van der Waals surface area contributed by atoms with Crippen LogP contribution in [0.3, 0.4) is 0 Å². The third-order valence-corrected chi connectivity index (χ3v) is 8.44. The van der Waals surface area contributed by atoms with Crippen molar-refractivity contribution in [3.63, 3.8) is 0 Å². The average molecular weight is 337 g/mol. The van der Waals surface area contributed by atoms with Gasteiger partial charge in [0.05, 0.1) is 14.7 Å². The van der Waals surface area contributed by atoms with E-state index in [2.05, 4.69) is 25.2 Å². The standard InChI is InChI=1S/C18H28O4Si/c1-13(2)18(22-15(4)20)17(12-21-14(3)19)23(5,6)16-10-8-7-9-11-16/h7-11,13,17-18H,12H2,1-6H3/t17-,18+/m0/s1. The second kappa shape index (κ2) is 8.29. The molecule has 0 saturated heterocycles. The number of rotatable bonds is 7. The minimum absolute atomic E-state index is 0.00213. The van der Waals surface area contributed by atoms with Crippen LogP contribution >= 0.6 is 0 Å². The van der Waals surface area contributed by atoms with Crippen molar-refractivity contribution < 1.29 is 19.1 Å². The van der Waals surface area contributed by atoms with Gasteiger partial charge in [-0.2, -0.15) is 0 Å². The Bertz CT molecular complexity index is 525. The molecule has 0 N–H and O–H groups in total. The van der Waals surface area contributed by atoms with E-state index in [0.29, 0.717) is 0 Å². The molecule has 0 amide bonds. The summed E-state index contributed by atoms with van der Waals surface area (Å²) in [4.78, 5) is 22.9. The van der Waals surface area contributed by atoms with Crippen LogP contribution in [0.25, 0.3) is 0 Å². The summed E-state index contributed by atoms with van der Waals surface area (Å²) in [6, 6.07) is 10.2. The smallest absolute Gasteiger partial charge is 0.302 e. The summed E-state index contributed by atoms with van der Waals surface area (Å²) in [6.45, 7) is 11.6. The van der Waals surface area contributed by atoms with E-state index < -0.39 is 8.07 Å². The lowest BCUT2D eigenvalue weighted by molar-refractivity contribution is -0.150. The number of benzene rings is 1. The van der Waals surface area contributed by atoms with Gasteiger partial charge >= 0.3 is 11.9 Å². The second-order valence-electron chi connectivity index (χ2n) is 6.81. The highest BCUT2D eigenvalue weighted by Crippen LogP contribution is 2.32. The summed E-state index contributed by atoms with van der Waals surface area (Å²) >= 11 is 0. The highest BCUT2D eigenvalue weighted by Gasteiger charge is 2.42. The van der Waals surface area contributed by atoms with E-state index in [-0.39, 0.29) is 36.1 Å². The number of hydrogen-bond acceptors (Lipinski definition) is 4. The van der Waals surface area contributed by atoms with Crippen LogP contribution in [-0.4, -0.2) is 32.7 Å². The van der Waals surface area contributed by atoms with Gasteiger partial charge in [0.2, 0.25) is 0 Å². The lowest BCUT2D eigenvalue weighted by Gasteiger charge is -2.39. The van der Waals surface area contributed by atoms with Gasteiger partial charge in [-0.05, 0) is 5.92 Å². The maximum Gasteiger partial charge on any atom is 0.302 e. The molecule has 4 nitrogen and oxygen atoms in total. The molecule has 0 fully saturated rings. The van der Waals surface area contributed by atoms with Gasteiger partial charge in [0.25, 0.3) is 0 Å². The summed E-state index contributed by atoms with van der Waals surface area (Å²) in [6.07, 6.45) is -0.270. The number of carbonyl (C=O) groups excluding carboxylic acids is 2. The molecule has 1 aromatic carbocycles. The fraction of sp³-hybridized carbons (Fsp3) is 0.556. The van der Waals surface area contributed by atoms with E-state index in [4.69, 9.17) is 9.47 Å². The van der Waals surface area contributed by atoms with E-state index in [1.165, 1.54) is 19.0 Å². The molecule has 0 unspecified atom stereocenters. The van der Waals surface area contributed by atoms with Crippen LogP contribution in [0.1, 0.15) is 27.7 Å². The maximum atomic E-state index is 11.6. The zero-order valence-corrected chi connectivity index (χ0v) is 16.0. The van der Waals surface area contributed by atoms with Crippen molar-refractivity contribution in [3.8, 4) is 0 Å². The van der Waals surface area contributed by atoms with Crippen LogP contribution in [0.15, 0.2) is 30.3 Å². The highest BCUT2D eigenvalue weighted by atomic mass is 28.3. The van der Waals surface area contributed by atoms with Crippen molar-refractivity contribution >= 4 is 25.2 Å². The van der Waals surface area contributed by atoms with Crippen LogP contribution in [0.4, 0.5) is 0 Å². The molecule has 0 heterocycles. The van der Waals surface area contributed by atoms with Crippen molar-refractivity contribution in [2.45, 2.75) is 52.4 Å². The number of hydrogen-bond donors (Lipinski definition) is 0. The summed E-state index contributed by atoms with van der Waals surface area (Å²) < 4.78 is 10.9. The molecular weight excluding hydrogens is 308 g/mol. The minimum atomic E-state index is -2.02. The van der Waals surface area contributed by atoms with Gasteiger partial charge in [-0.15, -0.1) is 0 Å². The Balaban J connectivity index is 3.20. The molecule has 0 spiro atoms. The summed E-state index contributed by atoms with van der Waals surface area (Å²) in [5.41, 5.74) is -0.00213. The van der Waals surface area contributed by atoms with Gasteiger partial charge in [0.1, 0.15) is 6.10 Å². The van der Waals surface area contributed by atoms with Crippen LogP contribution in [0.2, 0.25) is 18.6 Å². The predicted octanol–water partition coefficient (Wildman–Crippen LogP) is 3.12. The van der Waals surface area contributed by atoms with E-state index >= 15 is 0 Å². The first kappa shape index (κ1) is 19.4. The zero-order valence-electron chi connectivity index (χ0n) is 15.0. The van der Waals surface area contributed by atoms with Gasteiger partial charge in [-0.1, -0.05) is 62.5 Å². The van der Waals surface area contributed by atoms with E-state index in [1.54, 1.807) is 0 Å². The van der Waals surface area contributed by atoms with Crippen molar-refractivity contribution in [3.05, 3.63) is 30.3 Å². The average Bonchev–Trinajstić information content (AvgIpc) is 2.46. The van der Waals surface area contributed by atoms with Crippen molar-refractivity contribution in [1.82, 2.24) is 0 Å². The normalized spacial score (nSPS) is 14.2. The monoisotopic (exact) mass is 336 g/mol. The molecule has 0 aliphatic rings. The molecule has 0 aliphatic carbocycles. The lowest BCUT2D eigenvalue weighted by Crippen LogP contribution is -2.53. The van der Waals surface area contributed by atoms with E-state index in [0.717, 1.165) is 0 Å². The Kier molecular flexibility index (Phi) is 7.00. The fourth-order valence-corrected chi connectivity index (χ4v) is 6.13. The molecular formula is C18H28O4Si. The quantitative estimate of drug-likeness (QED) is 0.567. The Morgan fingerprint density at radius 3 is 2.04 bits per heavy atom. The number of ether oxygens (including phenoxy) is 2. The SMILES string of the molecule is CC(=O)OC[C@@H]([C@H](OC(C)=O)C(C)C)[Si](C)(C)c1ccccc1. The number of esters is 2. The first-order chi connectivity index (χ1) is 10.7. The Morgan fingerprint density at radius 1 is 1.04 bits per heavy atom. The van der Waals surface area contributed by atoms with Crippen LogP contribution in [0.5, 0.6) is 0 Å². The molecule has 0 aliphatic heterocycles. The first-order valence-electron chi connectivity index (χ1n) is 8.02. The second-order valence-corrected chi connectivity index (χ2v) is 11.6. The molecule has 0 bridgehead atoms. The van der Waals surface area contributed by atoms with Gasteiger partial charge in [0.15, 0.2) is 0 Å². The van der Waals surface area contributed by atoms with Crippen molar-refractivity contribution in [2.75, 3.05) is 6.61 Å². The Labute approximate surface area is 140 Å². The molecule has 128 valence electrons. The molecule has 1 rings (SSSR count). The summed E-state index contributed by atoms with van der Waals surface area (Å²) in [5, 5.41) is 1.26. The van der Waals surface area contributed by atoms with Crippen molar-refractivity contribution in [2.24, 2.45) is 5.92 Å². The Morgan fingerprint density at radius 2 is 1.61 bits per heavy atom. The molecule has 5 heteroatoms. The van der Waals surface area contributed by atoms with Gasteiger partial charge in [-0.3, -0.25) is 9.59 Å². The van der Waals surface area contributed by atoms with E-state index in [1.807, 2.05) is 32.0 Å². The van der Waals surface area contributed by atoms with E-state index in [9.17, 15) is 9.59 Å². The van der Waals surface area contributed by atoms with Crippen LogP contribution in [-0.2, 0) is 19.1 Å². The summed E-state index contributed by atoms with van der Waals surface area (Å²) in [7, 11) is -2.02. The minimum Gasteiger partial charge on any atom is -0.466 e. The molecule has 0 saturated carbocycles. The predicted molar refractivity (Wildman–Crippen MR) is 94.3 cm³/mol. The molecule has 0 radical (unpaired) electrons. The molecule has 23 heavy (non-hydrogen) atoms. The topological polar surface area (TPSA) is 52.6 Å². The maximum absolute atomic E-state index is 11.6.